The van der Waals surface area contributed by atoms with Gasteiger partial charge >= 0.3 is 6.09 Å². The lowest BCUT2D eigenvalue weighted by Gasteiger charge is -2.34. The maximum Gasteiger partial charge on any atom is 0.410 e. The second-order valence-corrected chi connectivity index (χ2v) is 26.0. The van der Waals surface area contributed by atoms with E-state index in [9.17, 15) is 4.79 Å². The van der Waals surface area contributed by atoms with E-state index in [-0.39, 0.29) is 12.0 Å². The molecular formula is C73H82N22O2. The Labute approximate surface area is 564 Å². The van der Waals surface area contributed by atoms with Gasteiger partial charge in [0.05, 0.1) is 77.7 Å². The molecule has 0 bridgehead atoms. The summed E-state index contributed by atoms with van der Waals surface area (Å²) in [4.78, 5) is 43.0. The largest absolute Gasteiger partial charge is 0.444 e. The van der Waals surface area contributed by atoms with Gasteiger partial charge in [-0.05, 0) is 139 Å². The first-order valence-corrected chi connectivity index (χ1v) is 33.2. The molecule has 12 aromatic rings. The summed E-state index contributed by atoms with van der Waals surface area (Å²) in [6.07, 6.45) is 35.2. The number of benzene rings is 1. The summed E-state index contributed by atoms with van der Waals surface area (Å²) < 4.78 is 16.9. The zero-order valence-electron chi connectivity index (χ0n) is 56.0. The number of nitrogens with one attached hydrogen (secondary N) is 3. The van der Waals surface area contributed by atoms with Crippen LogP contribution in [-0.4, -0.2) is 151 Å². The van der Waals surface area contributed by atoms with Gasteiger partial charge in [0.1, 0.15) is 17.1 Å². The van der Waals surface area contributed by atoms with Crippen molar-refractivity contribution in [3.05, 3.63) is 178 Å². The lowest BCUT2D eigenvalue weighted by molar-refractivity contribution is 0.0172. The Kier molecular flexibility index (Phi) is 19.7. The lowest BCUT2D eigenvalue weighted by atomic mass is 9.98. The molecule has 1 aromatic carbocycles. The number of aryl methyl sites for hydroxylation is 4. The fraction of sp³-hybridized carbons (Fsp3) is 0.329. The number of pyridine rings is 4. The van der Waals surface area contributed by atoms with Gasteiger partial charge in [0.2, 0.25) is 0 Å². The van der Waals surface area contributed by atoms with Crippen molar-refractivity contribution in [3.8, 4) is 101 Å². The Hall–Kier alpha value is -10.8. The molecule has 496 valence electrons. The van der Waals surface area contributed by atoms with Crippen LogP contribution in [0.1, 0.15) is 71.4 Å². The smallest absolute Gasteiger partial charge is 0.410 e. The van der Waals surface area contributed by atoms with Crippen molar-refractivity contribution in [1.29, 1.82) is 0 Å². The molecule has 1 amide bonds. The molecule has 3 saturated heterocycles. The van der Waals surface area contributed by atoms with E-state index in [1.807, 2.05) is 169 Å². The summed E-state index contributed by atoms with van der Waals surface area (Å²) in [6, 6.07) is 29.5. The predicted octanol–water partition coefficient (Wildman–Crippen LogP) is 11.7. The van der Waals surface area contributed by atoms with E-state index >= 15 is 0 Å². The van der Waals surface area contributed by atoms with Gasteiger partial charge in [0.25, 0.3) is 0 Å². The van der Waals surface area contributed by atoms with Crippen LogP contribution in [0.15, 0.2) is 178 Å². The Bertz CT molecular complexity index is 4400. The third kappa shape index (κ3) is 16.3. The number of anilines is 1. The van der Waals surface area contributed by atoms with E-state index in [1.54, 1.807) is 26.4 Å². The normalized spacial score (nSPS) is 15.3. The minimum absolute atomic E-state index is 0.257. The molecule has 0 saturated carbocycles. The van der Waals surface area contributed by atoms with Crippen LogP contribution in [0.5, 0.6) is 0 Å². The van der Waals surface area contributed by atoms with Crippen LogP contribution in [0, 0.1) is 5.92 Å². The number of amides is 1. The number of hydrogen-bond donors (Lipinski definition) is 3. The Balaban J connectivity index is 0.000000133. The highest BCUT2D eigenvalue weighted by Gasteiger charge is 2.29. The van der Waals surface area contributed by atoms with E-state index in [4.69, 9.17) is 24.7 Å². The van der Waals surface area contributed by atoms with Crippen LogP contribution in [0.4, 0.5) is 10.6 Å². The number of carbonyl (C=O) groups excluding carboxylic acids is 1. The van der Waals surface area contributed by atoms with E-state index in [1.165, 1.54) is 0 Å². The molecule has 3 aliphatic heterocycles. The highest BCUT2D eigenvalue weighted by atomic mass is 16.6. The SMILES string of the molecule is Cn1cc(-c2cccc(-c3ccc(-c4cnn(C5CCNCC5)c4)cn3)c2)cn1.Cn1cc(-c2cccc(-c3ccc(-c4cnn(C5CCNCC5)c4)cn3)n2)cn1.Cn1cc(-c2cccc(-c3ncc(-c4cnn(C)c4)c(NCC4CCCN(C(=O)OC(C)(C)C)C4)n3)n2)cn1. The number of nitrogens with zero attached hydrogens (tertiary/aromatic N) is 19. The van der Waals surface area contributed by atoms with Crippen LogP contribution in [-0.2, 0) is 32.9 Å². The van der Waals surface area contributed by atoms with Gasteiger partial charge in [0, 0.05) is 159 Å². The third-order valence-electron chi connectivity index (χ3n) is 17.5. The molecule has 0 spiro atoms. The molecule has 3 fully saturated rings. The highest BCUT2D eigenvalue weighted by molar-refractivity contribution is 5.76. The van der Waals surface area contributed by atoms with Crippen molar-refractivity contribution in [2.24, 2.45) is 34.1 Å². The van der Waals surface area contributed by atoms with Crippen molar-refractivity contribution in [2.75, 3.05) is 51.1 Å². The van der Waals surface area contributed by atoms with Crippen molar-refractivity contribution in [1.82, 2.24) is 104 Å². The molecule has 14 heterocycles. The summed E-state index contributed by atoms with van der Waals surface area (Å²) in [6.45, 7) is 11.9. The van der Waals surface area contributed by atoms with Gasteiger partial charge in [0.15, 0.2) is 5.82 Å². The van der Waals surface area contributed by atoms with Crippen molar-refractivity contribution in [2.45, 2.75) is 77.0 Å². The molecule has 3 aliphatic rings. The fourth-order valence-electron chi connectivity index (χ4n) is 12.3. The molecule has 0 radical (unpaired) electrons. The summed E-state index contributed by atoms with van der Waals surface area (Å²) >= 11 is 0. The number of rotatable bonds is 14. The Morgan fingerprint density at radius 3 is 1.52 bits per heavy atom. The highest BCUT2D eigenvalue weighted by Crippen LogP contribution is 2.33. The second kappa shape index (κ2) is 29.4. The topological polar surface area (TPSA) is 250 Å². The van der Waals surface area contributed by atoms with E-state index in [0.717, 1.165) is 154 Å². The number of carbonyl (C=O) groups is 1. The van der Waals surface area contributed by atoms with Crippen molar-refractivity contribution in [3.63, 3.8) is 0 Å². The molecule has 24 nitrogen and oxygen atoms in total. The van der Waals surface area contributed by atoms with Gasteiger partial charge in [-0.25, -0.2) is 24.7 Å². The Morgan fingerprint density at radius 1 is 0.474 bits per heavy atom. The fourth-order valence-corrected chi connectivity index (χ4v) is 12.3. The zero-order chi connectivity index (χ0) is 66.8. The minimum atomic E-state index is -0.513. The molecule has 3 N–H and O–H groups in total. The van der Waals surface area contributed by atoms with Gasteiger partial charge < -0.3 is 25.6 Å². The lowest BCUT2D eigenvalue weighted by Crippen LogP contribution is -2.44. The van der Waals surface area contributed by atoms with Crippen LogP contribution < -0.4 is 16.0 Å². The maximum atomic E-state index is 12.6. The maximum absolute atomic E-state index is 12.6. The molecule has 0 aliphatic carbocycles. The van der Waals surface area contributed by atoms with Crippen LogP contribution in [0.3, 0.4) is 0 Å². The predicted molar refractivity (Wildman–Crippen MR) is 375 cm³/mol. The average Bonchev–Trinajstić information content (AvgIpc) is 1.93. The summed E-state index contributed by atoms with van der Waals surface area (Å²) in [5, 5.41) is 36.6. The molecule has 97 heavy (non-hydrogen) atoms. The summed E-state index contributed by atoms with van der Waals surface area (Å²) in [5.74, 6) is 1.49. The number of aromatic nitrogens is 18. The quantitative estimate of drug-likeness (QED) is 0.0915. The van der Waals surface area contributed by atoms with Gasteiger partial charge in [-0.15, -0.1) is 0 Å². The monoisotopic (exact) mass is 1300 g/mol. The van der Waals surface area contributed by atoms with Crippen molar-refractivity contribution >= 4 is 11.9 Å². The first-order chi connectivity index (χ1) is 47.2. The van der Waals surface area contributed by atoms with E-state index in [2.05, 4.69) is 121 Å². The number of likely N-dealkylation sites (tertiary alicyclic amines) is 1. The first-order valence-electron chi connectivity index (χ1n) is 33.2. The van der Waals surface area contributed by atoms with E-state index in [0.29, 0.717) is 49.1 Å². The zero-order valence-corrected chi connectivity index (χ0v) is 56.0. The average molecular weight is 1300 g/mol. The minimum Gasteiger partial charge on any atom is -0.444 e. The van der Waals surface area contributed by atoms with Crippen LogP contribution in [0.2, 0.25) is 0 Å². The molecule has 1 unspecified atom stereocenters. The van der Waals surface area contributed by atoms with Crippen LogP contribution >= 0.6 is 0 Å². The van der Waals surface area contributed by atoms with E-state index < -0.39 is 5.60 Å². The molecule has 11 aromatic heterocycles. The Morgan fingerprint density at radius 2 is 0.969 bits per heavy atom. The van der Waals surface area contributed by atoms with Crippen LogP contribution in [0.25, 0.3) is 101 Å². The third-order valence-corrected chi connectivity index (χ3v) is 17.5. The van der Waals surface area contributed by atoms with Gasteiger partial charge in [-0.3, -0.25) is 38.1 Å². The van der Waals surface area contributed by atoms with Gasteiger partial charge in [-0.1, -0.05) is 42.5 Å². The standard InChI is InChI=1S/C28H35N9O2.C23H24N6.C22H23N7/c1-28(2,3)39-27(38)37-11-7-8-19(16-37)12-29-25-22(20-13-31-35(4)17-20)15-30-26(34-25)24-10-6-9-23(33-24)21-14-32-36(5)18-21;1-28-15-20(13-26-28)17-3-2-4-18(11-17)23-6-5-19(12-25-23)21-14-27-29(16-21)22-7-9-24-10-8-22;1-28-14-18(13-25-28)20-3-2-4-22(27-20)21-6-5-16(11-24-21)17-12-26-29(15-17)19-7-9-23-10-8-19/h6,9-10,13-15,17-19H,7-8,11-12,16H2,1-5H3,(H,29,30,34);2-6,11-16,22,24H,7-10H2,1H3;2-6,11-15,19,23H,7-10H2,1H3. The number of piperidine rings is 3. The molecule has 24 heteroatoms. The molecule has 1 atom stereocenters. The van der Waals surface area contributed by atoms with Gasteiger partial charge in [-0.2, -0.15) is 30.6 Å². The first kappa shape index (κ1) is 64.8. The summed E-state index contributed by atoms with van der Waals surface area (Å²) in [5.41, 5.74) is 15.9. The second-order valence-electron chi connectivity index (χ2n) is 26.0. The summed E-state index contributed by atoms with van der Waals surface area (Å²) in [7, 11) is 7.60. The number of hydrogen-bond acceptors (Lipinski definition) is 17. The number of ether oxygens (including phenoxy) is 1. The molecular weight excluding hydrogens is 1220 g/mol. The molecule has 15 rings (SSSR count). The van der Waals surface area contributed by atoms with Crippen molar-refractivity contribution < 1.29 is 9.53 Å².